The maximum Gasteiger partial charge on any atom is 0.222 e. The van der Waals surface area contributed by atoms with Gasteiger partial charge in [-0.2, -0.15) is 4.98 Å². The van der Waals surface area contributed by atoms with Crippen molar-refractivity contribution in [3.8, 4) is 0 Å². The van der Waals surface area contributed by atoms with Crippen LogP contribution in [0.5, 0.6) is 0 Å². The summed E-state index contributed by atoms with van der Waals surface area (Å²) in [6.07, 6.45) is 0. The molecule has 3 N–H and O–H groups in total. The van der Waals surface area contributed by atoms with Crippen LogP contribution in [0.2, 0.25) is 0 Å². The van der Waals surface area contributed by atoms with Gasteiger partial charge in [0, 0.05) is 44.5 Å². The predicted molar refractivity (Wildman–Crippen MR) is 66.9 cm³/mol. The van der Waals surface area contributed by atoms with Crippen molar-refractivity contribution in [3.63, 3.8) is 0 Å². The Labute approximate surface area is 101 Å². The third kappa shape index (κ3) is 3.04. The van der Waals surface area contributed by atoms with E-state index in [0.29, 0.717) is 5.95 Å². The average Bonchev–Trinajstić information content (AvgIpc) is 2.29. The van der Waals surface area contributed by atoms with Gasteiger partial charge in [0.2, 0.25) is 5.95 Å². The van der Waals surface area contributed by atoms with E-state index in [0.717, 1.165) is 44.2 Å². The van der Waals surface area contributed by atoms with Gasteiger partial charge in [-0.3, -0.25) is 4.90 Å². The van der Waals surface area contributed by atoms with Crippen LogP contribution in [0.4, 0.5) is 11.8 Å². The number of nitrogens with zero attached hydrogens (tertiary/aromatic N) is 4. The van der Waals surface area contributed by atoms with Gasteiger partial charge in [0.05, 0.1) is 6.61 Å². The lowest BCUT2D eigenvalue weighted by Crippen LogP contribution is -2.47. The lowest BCUT2D eigenvalue weighted by molar-refractivity contribution is 0.188. The summed E-state index contributed by atoms with van der Waals surface area (Å²) in [6.45, 7) is 6.61. The van der Waals surface area contributed by atoms with Crippen LogP contribution in [0.1, 0.15) is 5.69 Å². The minimum Gasteiger partial charge on any atom is -0.395 e. The lowest BCUT2D eigenvalue weighted by atomic mass is 10.3. The van der Waals surface area contributed by atoms with Crippen LogP contribution in [0.3, 0.4) is 0 Å². The van der Waals surface area contributed by atoms with Crippen LogP contribution in [0.15, 0.2) is 6.07 Å². The highest BCUT2D eigenvalue weighted by atomic mass is 16.3. The molecular weight excluding hydrogens is 218 g/mol. The van der Waals surface area contributed by atoms with Crippen LogP contribution >= 0.6 is 0 Å². The maximum atomic E-state index is 8.88. The highest BCUT2D eigenvalue weighted by molar-refractivity contribution is 5.43. The lowest BCUT2D eigenvalue weighted by Gasteiger charge is -2.35. The maximum absolute atomic E-state index is 8.88. The van der Waals surface area contributed by atoms with Gasteiger partial charge in [-0.05, 0) is 6.92 Å². The molecule has 1 aromatic rings. The van der Waals surface area contributed by atoms with E-state index in [9.17, 15) is 0 Å². The molecule has 6 nitrogen and oxygen atoms in total. The molecule has 94 valence electrons. The third-order valence-electron chi connectivity index (χ3n) is 2.97. The Morgan fingerprint density at radius 1 is 1.29 bits per heavy atom. The van der Waals surface area contributed by atoms with Gasteiger partial charge in [-0.15, -0.1) is 0 Å². The summed E-state index contributed by atoms with van der Waals surface area (Å²) in [7, 11) is 0. The molecule has 2 heterocycles. The number of nitrogen functional groups attached to an aromatic ring is 1. The normalized spacial score (nSPS) is 17.4. The van der Waals surface area contributed by atoms with Gasteiger partial charge in [-0.1, -0.05) is 0 Å². The molecule has 0 radical (unpaired) electrons. The van der Waals surface area contributed by atoms with Crippen molar-refractivity contribution in [2.24, 2.45) is 0 Å². The van der Waals surface area contributed by atoms with Crippen molar-refractivity contribution in [2.45, 2.75) is 6.92 Å². The van der Waals surface area contributed by atoms with Gasteiger partial charge in [-0.25, -0.2) is 4.98 Å². The molecule has 0 amide bonds. The molecule has 2 rings (SSSR count). The largest absolute Gasteiger partial charge is 0.395 e. The Morgan fingerprint density at radius 3 is 2.59 bits per heavy atom. The Morgan fingerprint density at radius 2 is 2.00 bits per heavy atom. The molecule has 1 aromatic heterocycles. The molecular formula is C11H19N5O. The van der Waals surface area contributed by atoms with Gasteiger partial charge in [0.25, 0.3) is 0 Å². The second kappa shape index (κ2) is 5.29. The van der Waals surface area contributed by atoms with Gasteiger partial charge in [0.1, 0.15) is 5.82 Å². The Hall–Kier alpha value is -1.40. The number of nitrogens with two attached hydrogens (primary N) is 1. The zero-order chi connectivity index (χ0) is 12.3. The Kier molecular flexibility index (Phi) is 3.75. The molecule has 6 heteroatoms. The summed E-state index contributed by atoms with van der Waals surface area (Å²) in [5.41, 5.74) is 6.54. The molecule has 1 saturated heterocycles. The molecule has 0 spiro atoms. The van der Waals surface area contributed by atoms with Crippen molar-refractivity contribution in [3.05, 3.63) is 11.8 Å². The first kappa shape index (κ1) is 12.1. The van der Waals surface area contributed by atoms with E-state index in [1.807, 2.05) is 13.0 Å². The number of hydrogen-bond acceptors (Lipinski definition) is 6. The van der Waals surface area contributed by atoms with Crippen molar-refractivity contribution in [1.82, 2.24) is 14.9 Å². The molecule has 1 aliphatic heterocycles. The molecule has 1 fully saturated rings. The Bertz CT molecular complexity index is 356. The summed E-state index contributed by atoms with van der Waals surface area (Å²) < 4.78 is 0. The minimum atomic E-state index is 0.222. The number of anilines is 2. The number of aliphatic hydroxyl groups excluding tert-OH is 1. The average molecular weight is 237 g/mol. The topological polar surface area (TPSA) is 78.5 Å². The minimum absolute atomic E-state index is 0.222. The summed E-state index contributed by atoms with van der Waals surface area (Å²) in [5.74, 6) is 1.23. The van der Waals surface area contributed by atoms with E-state index in [4.69, 9.17) is 10.8 Å². The molecule has 0 aromatic carbocycles. The number of rotatable bonds is 3. The van der Waals surface area contributed by atoms with E-state index in [2.05, 4.69) is 19.8 Å². The number of aryl methyl sites for hydroxylation is 1. The fourth-order valence-electron chi connectivity index (χ4n) is 2.08. The van der Waals surface area contributed by atoms with Crippen LogP contribution in [-0.4, -0.2) is 59.3 Å². The van der Waals surface area contributed by atoms with Gasteiger partial charge >= 0.3 is 0 Å². The zero-order valence-electron chi connectivity index (χ0n) is 10.1. The summed E-state index contributed by atoms with van der Waals surface area (Å²) >= 11 is 0. The van der Waals surface area contributed by atoms with E-state index in [1.54, 1.807) is 0 Å². The van der Waals surface area contributed by atoms with Gasteiger partial charge in [0.15, 0.2) is 0 Å². The van der Waals surface area contributed by atoms with E-state index in [1.165, 1.54) is 0 Å². The SMILES string of the molecule is Cc1cc(N2CCN(CCO)CC2)nc(N)n1. The fourth-order valence-corrected chi connectivity index (χ4v) is 2.08. The predicted octanol–water partition coefficient (Wildman–Crippen LogP) is -0.518. The van der Waals surface area contributed by atoms with Crippen molar-refractivity contribution in [1.29, 1.82) is 0 Å². The van der Waals surface area contributed by atoms with Crippen LogP contribution in [-0.2, 0) is 0 Å². The molecule has 0 aliphatic carbocycles. The first-order chi connectivity index (χ1) is 8.19. The van der Waals surface area contributed by atoms with E-state index >= 15 is 0 Å². The van der Waals surface area contributed by atoms with Crippen molar-refractivity contribution >= 4 is 11.8 Å². The number of hydrogen-bond donors (Lipinski definition) is 2. The second-order valence-electron chi connectivity index (χ2n) is 4.28. The zero-order valence-corrected chi connectivity index (χ0v) is 10.1. The number of aromatic nitrogens is 2. The third-order valence-corrected chi connectivity index (χ3v) is 2.97. The number of β-amino-alcohol motifs (C(OH)–C–C–N with tert-alkyl or cyclic N) is 1. The van der Waals surface area contributed by atoms with E-state index < -0.39 is 0 Å². The van der Waals surface area contributed by atoms with Crippen molar-refractivity contribution < 1.29 is 5.11 Å². The Balaban J connectivity index is 2.00. The van der Waals surface area contributed by atoms with Crippen LogP contribution in [0, 0.1) is 6.92 Å². The molecule has 0 unspecified atom stereocenters. The van der Waals surface area contributed by atoms with Crippen LogP contribution < -0.4 is 10.6 Å². The highest BCUT2D eigenvalue weighted by Crippen LogP contribution is 2.15. The second-order valence-corrected chi connectivity index (χ2v) is 4.28. The monoisotopic (exact) mass is 237 g/mol. The number of piperazine rings is 1. The quantitative estimate of drug-likeness (QED) is 0.736. The van der Waals surface area contributed by atoms with Crippen molar-refractivity contribution in [2.75, 3.05) is 50.0 Å². The molecule has 1 aliphatic rings. The number of aliphatic hydroxyl groups is 1. The first-order valence-corrected chi connectivity index (χ1v) is 5.88. The molecule has 17 heavy (non-hydrogen) atoms. The summed E-state index contributed by atoms with van der Waals surface area (Å²) in [6, 6.07) is 1.96. The fraction of sp³-hybridized carbons (Fsp3) is 0.636. The van der Waals surface area contributed by atoms with E-state index in [-0.39, 0.29) is 6.61 Å². The molecule has 0 saturated carbocycles. The summed E-state index contributed by atoms with van der Waals surface area (Å²) in [5, 5.41) is 8.88. The molecule has 0 bridgehead atoms. The highest BCUT2D eigenvalue weighted by Gasteiger charge is 2.17. The van der Waals surface area contributed by atoms with Gasteiger partial charge < -0.3 is 15.7 Å². The smallest absolute Gasteiger partial charge is 0.222 e. The van der Waals surface area contributed by atoms with Crippen LogP contribution in [0.25, 0.3) is 0 Å². The molecule has 0 atom stereocenters. The first-order valence-electron chi connectivity index (χ1n) is 5.88. The standard InChI is InChI=1S/C11H19N5O/c1-9-8-10(14-11(12)13-9)16-4-2-15(3-5-16)6-7-17/h8,17H,2-7H2,1H3,(H2,12,13,14). The summed E-state index contributed by atoms with van der Waals surface area (Å²) in [4.78, 5) is 12.8.